The molecule has 8 heteroatoms. The van der Waals surface area contributed by atoms with Gasteiger partial charge >= 0.3 is 0 Å². The van der Waals surface area contributed by atoms with E-state index in [1.807, 2.05) is 4.57 Å². The number of ether oxygens (including phenoxy) is 1. The summed E-state index contributed by atoms with van der Waals surface area (Å²) >= 11 is 0. The SMILES string of the molecule is CN(CCN1CCCCC1)Cc1cnc(S(C)(=O)=O)n1C[C@H]1CCCO1. The van der Waals surface area contributed by atoms with Gasteiger partial charge in [-0.2, -0.15) is 0 Å². The summed E-state index contributed by atoms with van der Waals surface area (Å²) in [6, 6.07) is 0. The van der Waals surface area contributed by atoms with Crippen LogP contribution in [-0.4, -0.2) is 80.0 Å². The van der Waals surface area contributed by atoms with E-state index in [2.05, 4.69) is 21.8 Å². The van der Waals surface area contributed by atoms with Crippen molar-refractivity contribution in [2.45, 2.75) is 56.5 Å². The maximum absolute atomic E-state index is 12.1. The summed E-state index contributed by atoms with van der Waals surface area (Å²) in [5.74, 6) is 0. The molecule has 1 atom stereocenters. The molecule has 0 unspecified atom stereocenters. The van der Waals surface area contributed by atoms with Crippen molar-refractivity contribution < 1.29 is 13.2 Å². The van der Waals surface area contributed by atoms with Gasteiger partial charge < -0.3 is 14.2 Å². The number of aromatic nitrogens is 2. The molecule has 0 radical (unpaired) electrons. The second-order valence-corrected chi connectivity index (χ2v) is 9.60. The molecular weight excluding hydrogens is 352 g/mol. The Bertz CT molecular complexity index is 677. The molecule has 26 heavy (non-hydrogen) atoms. The van der Waals surface area contributed by atoms with Gasteiger partial charge in [-0.15, -0.1) is 0 Å². The first-order valence-electron chi connectivity index (χ1n) is 9.70. The third-order valence-electron chi connectivity index (χ3n) is 5.32. The van der Waals surface area contributed by atoms with Gasteiger partial charge in [-0.25, -0.2) is 13.4 Å². The summed E-state index contributed by atoms with van der Waals surface area (Å²) < 4.78 is 31.8. The molecule has 3 heterocycles. The lowest BCUT2D eigenvalue weighted by Gasteiger charge is -2.28. The van der Waals surface area contributed by atoms with Gasteiger partial charge in [0.2, 0.25) is 15.0 Å². The first kappa shape index (κ1) is 19.8. The van der Waals surface area contributed by atoms with E-state index in [4.69, 9.17) is 4.74 Å². The molecule has 7 nitrogen and oxygen atoms in total. The molecule has 3 rings (SSSR count). The third kappa shape index (κ3) is 5.28. The van der Waals surface area contributed by atoms with Crippen LogP contribution >= 0.6 is 0 Å². The first-order chi connectivity index (χ1) is 12.4. The van der Waals surface area contributed by atoms with E-state index in [9.17, 15) is 8.42 Å². The van der Waals surface area contributed by atoms with Crippen LogP contribution in [-0.2, 0) is 27.7 Å². The fraction of sp³-hybridized carbons (Fsp3) is 0.833. The molecule has 2 aliphatic rings. The highest BCUT2D eigenvalue weighted by Gasteiger charge is 2.24. The molecule has 0 saturated carbocycles. The van der Waals surface area contributed by atoms with Crippen LogP contribution in [0.2, 0.25) is 0 Å². The lowest BCUT2D eigenvalue weighted by atomic mass is 10.1. The van der Waals surface area contributed by atoms with E-state index in [-0.39, 0.29) is 11.3 Å². The van der Waals surface area contributed by atoms with Gasteiger partial charge in [0.15, 0.2) is 0 Å². The maximum Gasteiger partial charge on any atom is 0.227 e. The molecule has 2 saturated heterocycles. The summed E-state index contributed by atoms with van der Waals surface area (Å²) in [6.45, 7) is 6.46. The quantitative estimate of drug-likeness (QED) is 0.675. The number of rotatable bonds is 8. The highest BCUT2D eigenvalue weighted by atomic mass is 32.2. The van der Waals surface area contributed by atoms with E-state index in [0.29, 0.717) is 13.1 Å². The predicted molar refractivity (Wildman–Crippen MR) is 101 cm³/mol. The number of hydrogen-bond acceptors (Lipinski definition) is 6. The molecule has 0 spiro atoms. The van der Waals surface area contributed by atoms with Gasteiger partial charge in [0.25, 0.3) is 0 Å². The van der Waals surface area contributed by atoms with Crippen molar-refractivity contribution in [1.29, 1.82) is 0 Å². The second-order valence-electron chi connectivity index (χ2n) is 7.69. The standard InChI is InChI=1S/C18H32N4O3S/c1-20(10-11-21-8-4-3-5-9-21)14-16-13-19-18(26(2,23)24)22(16)15-17-7-6-12-25-17/h13,17H,3-12,14-15H2,1-2H3/t17-/m1/s1. The maximum atomic E-state index is 12.1. The smallest absolute Gasteiger partial charge is 0.227 e. The highest BCUT2D eigenvalue weighted by molar-refractivity contribution is 7.90. The van der Waals surface area contributed by atoms with Gasteiger partial charge in [0.1, 0.15) is 0 Å². The van der Waals surface area contributed by atoms with Crippen molar-refractivity contribution in [3.8, 4) is 0 Å². The molecular formula is C18H32N4O3S. The van der Waals surface area contributed by atoms with Crippen LogP contribution in [0, 0.1) is 0 Å². The summed E-state index contributed by atoms with van der Waals surface area (Å²) in [5.41, 5.74) is 0.946. The largest absolute Gasteiger partial charge is 0.376 e. The molecule has 1 aromatic rings. The van der Waals surface area contributed by atoms with Crippen molar-refractivity contribution >= 4 is 9.84 Å². The molecule has 2 aliphatic heterocycles. The Morgan fingerprint density at radius 1 is 1.27 bits per heavy atom. The molecule has 0 N–H and O–H groups in total. The zero-order valence-electron chi connectivity index (χ0n) is 16.1. The minimum absolute atomic E-state index is 0.0853. The molecule has 2 fully saturated rings. The van der Waals surface area contributed by atoms with Crippen LogP contribution in [0.1, 0.15) is 37.8 Å². The minimum Gasteiger partial charge on any atom is -0.376 e. The number of likely N-dealkylation sites (N-methyl/N-ethyl adjacent to an activating group) is 1. The van der Waals surface area contributed by atoms with Gasteiger partial charge in [-0.05, 0) is 45.8 Å². The fourth-order valence-corrected chi connectivity index (χ4v) is 4.69. The monoisotopic (exact) mass is 384 g/mol. The van der Waals surface area contributed by atoms with Gasteiger partial charge in [-0.3, -0.25) is 4.90 Å². The van der Waals surface area contributed by atoms with Gasteiger partial charge in [-0.1, -0.05) is 6.42 Å². The summed E-state index contributed by atoms with van der Waals surface area (Å²) in [4.78, 5) is 8.99. The lowest BCUT2D eigenvalue weighted by Crippen LogP contribution is -2.36. The molecule has 0 aliphatic carbocycles. The van der Waals surface area contributed by atoms with Crippen molar-refractivity contribution in [2.75, 3.05) is 46.1 Å². The minimum atomic E-state index is -3.35. The summed E-state index contributed by atoms with van der Waals surface area (Å²) in [5, 5.41) is 0.160. The Morgan fingerprint density at radius 2 is 2.04 bits per heavy atom. The van der Waals surface area contributed by atoms with Crippen LogP contribution in [0.3, 0.4) is 0 Å². The zero-order chi connectivity index (χ0) is 18.6. The Balaban J connectivity index is 1.64. The van der Waals surface area contributed by atoms with Crippen molar-refractivity contribution in [3.05, 3.63) is 11.9 Å². The number of imidazole rings is 1. The summed E-state index contributed by atoms with van der Waals surface area (Å²) in [7, 11) is -1.26. The number of nitrogens with zero attached hydrogens (tertiary/aromatic N) is 4. The Kier molecular flexibility index (Phi) is 6.71. The van der Waals surface area contributed by atoms with E-state index in [1.165, 1.54) is 38.6 Å². The van der Waals surface area contributed by atoms with E-state index < -0.39 is 9.84 Å². The zero-order valence-corrected chi connectivity index (χ0v) is 16.9. The molecule has 0 amide bonds. The van der Waals surface area contributed by atoms with Crippen LogP contribution < -0.4 is 0 Å². The summed E-state index contributed by atoms with van der Waals surface area (Å²) in [6.07, 6.45) is 8.99. The third-order valence-corrected chi connectivity index (χ3v) is 6.31. The van der Waals surface area contributed by atoms with Crippen LogP contribution in [0.15, 0.2) is 11.4 Å². The van der Waals surface area contributed by atoms with Gasteiger partial charge in [0, 0.05) is 32.5 Å². The van der Waals surface area contributed by atoms with E-state index in [1.54, 1.807) is 6.20 Å². The number of sulfone groups is 1. The van der Waals surface area contributed by atoms with Crippen molar-refractivity contribution in [3.63, 3.8) is 0 Å². The Hall–Kier alpha value is -0.960. The molecule has 0 aromatic carbocycles. The predicted octanol–water partition coefficient (Wildman–Crippen LogP) is 1.38. The van der Waals surface area contributed by atoms with Crippen molar-refractivity contribution in [1.82, 2.24) is 19.4 Å². The average molecular weight is 385 g/mol. The topological polar surface area (TPSA) is 67.7 Å². The highest BCUT2D eigenvalue weighted by Crippen LogP contribution is 2.19. The van der Waals surface area contributed by atoms with Crippen LogP contribution in [0.5, 0.6) is 0 Å². The Morgan fingerprint density at radius 3 is 2.69 bits per heavy atom. The molecule has 148 valence electrons. The molecule has 1 aromatic heterocycles. The van der Waals surface area contributed by atoms with Crippen LogP contribution in [0.4, 0.5) is 0 Å². The first-order valence-corrected chi connectivity index (χ1v) is 11.6. The fourth-order valence-electron chi connectivity index (χ4n) is 3.85. The normalized spacial score (nSPS) is 22.3. The van der Waals surface area contributed by atoms with Crippen LogP contribution in [0.25, 0.3) is 0 Å². The van der Waals surface area contributed by atoms with E-state index >= 15 is 0 Å². The molecule has 0 bridgehead atoms. The van der Waals surface area contributed by atoms with Gasteiger partial charge in [0.05, 0.1) is 24.5 Å². The second kappa shape index (κ2) is 8.82. The number of piperidine rings is 1. The average Bonchev–Trinajstić information content (AvgIpc) is 3.24. The van der Waals surface area contributed by atoms with E-state index in [0.717, 1.165) is 38.2 Å². The Labute approximate surface area is 157 Å². The lowest BCUT2D eigenvalue weighted by molar-refractivity contribution is 0.0933. The number of hydrogen-bond donors (Lipinski definition) is 0. The number of likely N-dealkylation sites (tertiary alicyclic amines) is 1. The van der Waals surface area contributed by atoms with Crippen molar-refractivity contribution in [2.24, 2.45) is 0 Å².